The molecule has 3 aromatic rings. The van der Waals surface area contributed by atoms with Crippen LogP contribution in [0.1, 0.15) is 5.56 Å². The van der Waals surface area contributed by atoms with E-state index in [0.717, 1.165) is 11.8 Å². The molecule has 4 nitrogen and oxygen atoms in total. The monoisotopic (exact) mass is 408 g/mol. The Morgan fingerprint density at radius 3 is 2.42 bits per heavy atom. The van der Waals surface area contributed by atoms with Crippen LogP contribution in [0.5, 0.6) is 0 Å². The summed E-state index contributed by atoms with van der Waals surface area (Å²) in [5.41, 5.74) is -1.54. The Morgan fingerprint density at radius 1 is 1.08 bits per heavy atom. The molecule has 0 bridgehead atoms. The van der Waals surface area contributed by atoms with Gasteiger partial charge in [-0.2, -0.15) is 24.5 Å². The zero-order valence-corrected chi connectivity index (χ0v) is 14.2. The molecule has 0 spiro atoms. The SMILES string of the molecule is O=S(=O)(Nc1cc(F)c(C(F)(F)F)cc1F)c1c[nH]c(-c2ccsc2)c1. The van der Waals surface area contributed by atoms with Crippen LogP contribution in [0.25, 0.3) is 11.3 Å². The van der Waals surface area contributed by atoms with E-state index in [2.05, 4.69) is 4.98 Å². The van der Waals surface area contributed by atoms with Gasteiger partial charge >= 0.3 is 6.18 Å². The molecule has 0 saturated carbocycles. The molecule has 0 amide bonds. The molecule has 2 heterocycles. The number of aromatic amines is 1. The van der Waals surface area contributed by atoms with Gasteiger partial charge in [-0.05, 0) is 23.6 Å². The van der Waals surface area contributed by atoms with Crippen molar-refractivity contribution < 1.29 is 30.4 Å². The number of alkyl halides is 3. The lowest BCUT2D eigenvalue weighted by atomic mass is 10.2. The third-order valence-electron chi connectivity index (χ3n) is 3.41. The van der Waals surface area contributed by atoms with Crippen molar-refractivity contribution in [3.8, 4) is 11.3 Å². The number of hydrogen-bond acceptors (Lipinski definition) is 3. The summed E-state index contributed by atoms with van der Waals surface area (Å²) in [5.74, 6) is -3.33. The smallest absolute Gasteiger partial charge is 0.360 e. The van der Waals surface area contributed by atoms with Crippen molar-refractivity contribution in [1.82, 2.24) is 4.98 Å². The summed E-state index contributed by atoms with van der Waals surface area (Å²) in [4.78, 5) is 2.45. The van der Waals surface area contributed by atoms with E-state index in [9.17, 15) is 30.4 Å². The number of hydrogen-bond donors (Lipinski definition) is 2. The van der Waals surface area contributed by atoms with Crippen LogP contribution in [0.3, 0.4) is 0 Å². The number of thiophene rings is 1. The first-order valence-electron chi connectivity index (χ1n) is 6.88. The van der Waals surface area contributed by atoms with E-state index in [1.165, 1.54) is 17.4 Å². The lowest BCUT2D eigenvalue weighted by Crippen LogP contribution is -2.15. The fourth-order valence-corrected chi connectivity index (χ4v) is 3.87. The van der Waals surface area contributed by atoms with Gasteiger partial charge in [0.05, 0.1) is 11.3 Å². The van der Waals surface area contributed by atoms with Gasteiger partial charge < -0.3 is 4.98 Å². The van der Waals surface area contributed by atoms with Crippen LogP contribution < -0.4 is 4.72 Å². The predicted octanol–water partition coefficient (Wildman–Crippen LogP) is 4.84. The van der Waals surface area contributed by atoms with Gasteiger partial charge in [0, 0.05) is 28.9 Å². The summed E-state index contributed by atoms with van der Waals surface area (Å²) in [5, 5.41) is 3.55. The molecule has 0 radical (unpaired) electrons. The van der Waals surface area contributed by atoms with E-state index < -0.39 is 39.1 Å². The molecule has 0 aliphatic carbocycles. The minimum atomic E-state index is -5.10. The number of rotatable bonds is 4. The minimum Gasteiger partial charge on any atom is -0.360 e. The first-order chi connectivity index (χ1) is 12.1. The fraction of sp³-hybridized carbons (Fsp3) is 0.0667. The molecular weight excluding hydrogens is 399 g/mol. The maximum Gasteiger partial charge on any atom is 0.419 e. The number of halogens is 5. The number of aromatic nitrogens is 1. The standard InChI is InChI=1S/C15H9F5N2O2S2/c16-11-5-14(12(17)4-10(11)15(18,19)20)22-26(23,24)9-3-13(21-6-9)8-1-2-25-7-8/h1-7,21-22H. The van der Waals surface area contributed by atoms with Gasteiger partial charge in [0.2, 0.25) is 0 Å². The molecule has 0 unspecified atom stereocenters. The Labute approximate surface area is 148 Å². The Bertz CT molecular complexity index is 1040. The molecule has 2 aromatic heterocycles. The highest BCUT2D eigenvalue weighted by molar-refractivity contribution is 7.92. The molecule has 0 fully saturated rings. The van der Waals surface area contributed by atoms with Crippen LogP contribution in [0.4, 0.5) is 27.6 Å². The summed E-state index contributed by atoms with van der Waals surface area (Å²) in [6.07, 6.45) is -3.97. The number of nitrogens with one attached hydrogen (secondary N) is 2. The van der Waals surface area contributed by atoms with E-state index in [-0.39, 0.29) is 17.0 Å². The maximum absolute atomic E-state index is 13.8. The molecule has 3 rings (SSSR count). The van der Waals surface area contributed by atoms with E-state index in [1.54, 1.807) is 21.5 Å². The lowest BCUT2D eigenvalue weighted by Gasteiger charge is -2.12. The van der Waals surface area contributed by atoms with Gasteiger partial charge in [-0.1, -0.05) is 0 Å². The first-order valence-corrected chi connectivity index (χ1v) is 9.30. The highest BCUT2D eigenvalue weighted by Crippen LogP contribution is 2.34. The topological polar surface area (TPSA) is 62.0 Å². The zero-order valence-electron chi connectivity index (χ0n) is 12.6. The summed E-state index contributed by atoms with van der Waals surface area (Å²) >= 11 is 1.39. The highest BCUT2D eigenvalue weighted by atomic mass is 32.2. The second-order valence-corrected chi connectivity index (χ2v) is 7.64. The summed E-state index contributed by atoms with van der Waals surface area (Å²) in [6, 6.07) is 3.07. The first kappa shape index (κ1) is 18.4. The Morgan fingerprint density at radius 2 is 1.81 bits per heavy atom. The second kappa shape index (κ2) is 6.40. The molecular formula is C15H9F5N2O2S2. The molecule has 26 heavy (non-hydrogen) atoms. The lowest BCUT2D eigenvalue weighted by molar-refractivity contribution is -0.140. The summed E-state index contributed by atoms with van der Waals surface area (Å²) < 4.78 is 91.4. The van der Waals surface area contributed by atoms with E-state index in [0.29, 0.717) is 5.69 Å². The van der Waals surface area contributed by atoms with Crippen molar-refractivity contribution in [2.24, 2.45) is 0 Å². The summed E-state index contributed by atoms with van der Waals surface area (Å²) in [7, 11) is -4.34. The molecule has 0 saturated heterocycles. The molecule has 138 valence electrons. The fourth-order valence-electron chi connectivity index (χ4n) is 2.16. The van der Waals surface area contributed by atoms with Gasteiger partial charge in [-0.25, -0.2) is 17.2 Å². The third kappa shape index (κ3) is 3.58. The van der Waals surface area contributed by atoms with Crippen LogP contribution >= 0.6 is 11.3 Å². The minimum absolute atomic E-state index is 0.0961. The van der Waals surface area contributed by atoms with Crippen LogP contribution in [-0.2, 0) is 16.2 Å². The molecule has 0 aliphatic rings. The average Bonchev–Trinajstić information content (AvgIpc) is 3.19. The average molecular weight is 408 g/mol. The zero-order chi connectivity index (χ0) is 19.1. The van der Waals surface area contributed by atoms with Crippen LogP contribution in [0.15, 0.2) is 46.1 Å². The van der Waals surface area contributed by atoms with Crippen molar-refractivity contribution in [1.29, 1.82) is 0 Å². The van der Waals surface area contributed by atoms with Crippen molar-refractivity contribution >= 4 is 27.0 Å². The quantitative estimate of drug-likeness (QED) is 0.607. The van der Waals surface area contributed by atoms with Crippen LogP contribution in [0, 0.1) is 11.6 Å². The highest BCUT2D eigenvalue weighted by Gasteiger charge is 2.35. The number of H-pyrrole nitrogens is 1. The van der Waals surface area contributed by atoms with Crippen molar-refractivity contribution in [3.05, 3.63) is 58.4 Å². The molecule has 11 heteroatoms. The Balaban J connectivity index is 1.92. The number of benzene rings is 1. The second-order valence-electron chi connectivity index (χ2n) is 5.18. The van der Waals surface area contributed by atoms with Gasteiger partial charge in [-0.3, -0.25) is 4.72 Å². The van der Waals surface area contributed by atoms with Gasteiger partial charge in [-0.15, -0.1) is 0 Å². The van der Waals surface area contributed by atoms with Crippen LogP contribution in [-0.4, -0.2) is 13.4 Å². The van der Waals surface area contributed by atoms with Gasteiger partial charge in [0.25, 0.3) is 10.0 Å². The number of anilines is 1. The van der Waals surface area contributed by atoms with Crippen molar-refractivity contribution in [3.63, 3.8) is 0 Å². The normalized spacial score (nSPS) is 12.3. The predicted molar refractivity (Wildman–Crippen MR) is 86.3 cm³/mol. The van der Waals surface area contributed by atoms with Gasteiger partial charge in [0.1, 0.15) is 16.5 Å². The van der Waals surface area contributed by atoms with E-state index >= 15 is 0 Å². The van der Waals surface area contributed by atoms with Crippen molar-refractivity contribution in [2.45, 2.75) is 11.1 Å². The maximum atomic E-state index is 13.8. The molecule has 2 N–H and O–H groups in total. The Kier molecular flexibility index (Phi) is 4.53. The van der Waals surface area contributed by atoms with Crippen LogP contribution in [0.2, 0.25) is 0 Å². The largest absolute Gasteiger partial charge is 0.419 e. The van der Waals surface area contributed by atoms with Crippen molar-refractivity contribution in [2.75, 3.05) is 4.72 Å². The molecule has 0 aliphatic heterocycles. The van der Waals surface area contributed by atoms with E-state index in [1.807, 2.05) is 0 Å². The Hall–Kier alpha value is -2.40. The van der Waals surface area contributed by atoms with E-state index in [4.69, 9.17) is 0 Å². The summed E-state index contributed by atoms with van der Waals surface area (Å²) in [6.45, 7) is 0. The number of sulfonamides is 1. The molecule has 1 aromatic carbocycles. The molecule has 0 atom stereocenters. The van der Waals surface area contributed by atoms with Gasteiger partial charge in [0.15, 0.2) is 0 Å². The third-order valence-corrected chi connectivity index (χ3v) is 5.43.